The van der Waals surface area contributed by atoms with Gasteiger partial charge in [0, 0.05) is 30.9 Å². The molecule has 2 heterocycles. The molecule has 0 aliphatic heterocycles. The summed E-state index contributed by atoms with van der Waals surface area (Å²) in [6, 6.07) is 75.5. The molecule has 0 nitrogen and oxygen atoms in total. The van der Waals surface area contributed by atoms with Gasteiger partial charge < -0.3 is 0 Å². The third kappa shape index (κ3) is 5.83. The lowest BCUT2D eigenvalue weighted by Gasteiger charge is -2.07. The van der Waals surface area contributed by atoms with Gasteiger partial charge in [0.2, 0.25) is 0 Å². The molecule has 2 heteroatoms. The highest BCUT2D eigenvalue weighted by Gasteiger charge is 2.15. The normalized spacial score (nSPS) is 11.6. The minimum Gasteiger partial charge on any atom is -0.134 e. The van der Waals surface area contributed by atoms with Gasteiger partial charge in [-0.2, -0.15) is 0 Å². The quantitative estimate of drug-likeness (QED) is 0.159. The van der Waals surface area contributed by atoms with E-state index in [4.69, 9.17) is 0 Å². The zero-order valence-corrected chi connectivity index (χ0v) is 32.1. The Balaban J connectivity index is 0.867. The van der Waals surface area contributed by atoms with E-state index in [2.05, 4.69) is 206 Å². The summed E-state index contributed by atoms with van der Waals surface area (Å²) in [4.78, 5) is 0. The fourth-order valence-electron chi connectivity index (χ4n) is 8.11. The van der Waals surface area contributed by atoms with E-state index in [-0.39, 0.29) is 0 Å². The lowest BCUT2D eigenvalue weighted by atomic mass is 9.97. The first kappa shape index (κ1) is 32.8. The molecule has 0 aliphatic carbocycles. The summed E-state index contributed by atoms with van der Waals surface area (Å²) in [5, 5.41) is 5.35. The SMILES string of the molecule is c1ccc(-c2ccc(-c3ccc(-c4ccc5c(c4)sc4c5ccc5c6ccc(-c7ccc(-c8ccc(-c9ccccc9)cc8)cc7)cc6sc54)cc3)cc2)cc1. The Morgan fingerprint density at radius 3 is 0.732 bits per heavy atom. The molecule has 0 aliphatic rings. The standard InChI is InChI=1S/C54H34S2/c1-3-7-35(8-4-1)37-11-15-39(16-12-37)41-19-23-43(24-20-41)45-27-29-47-49-31-32-50-48-30-28-46(34-52(48)56-54(50)53(49)55-51(47)33-45)44-25-21-42(22-26-44)40-17-13-38(14-18-40)36-9-5-2-6-10-36/h1-34H. The van der Waals surface area contributed by atoms with Crippen molar-refractivity contribution in [2.45, 2.75) is 0 Å². The molecule has 0 radical (unpaired) electrons. The van der Waals surface area contributed by atoms with Gasteiger partial charge in [0.05, 0.1) is 9.40 Å². The van der Waals surface area contributed by atoms with Crippen LogP contribution in [0.3, 0.4) is 0 Å². The van der Waals surface area contributed by atoms with Crippen LogP contribution in [0.4, 0.5) is 0 Å². The molecule has 0 fully saturated rings. The Hall–Kier alpha value is -6.58. The van der Waals surface area contributed by atoms with E-state index in [9.17, 15) is 0 Å². The second-order valence-corrected chi connectivity index (χ2v) is 16.6. The van der Waals surface area contributed by atoms with Crippen LogP contribution in [0.5, 0.6) is 0 Å². The van der Waals surface area contributed by atoms with Crippen molar-refractivity contribution < 1.29 is 0 Å². The summed E-state index contributed by atoms with van der Waals surface area (Å²) in [6.07, 6.45) is 0. The second-order valence-electron chi connectivity index (χ2n) is 14.5. The molecule has 262 valence electrons. The van der Waals surface area contributed by atoms with Crippen LogP contribution < -0.4 is 0 Å². The fraction of sp³-hybridized carbons (Fsp3) is 0. The topological polar surface area (TPSA) is 0 Å². The first-order valence-electron chi connectivity index (χ1n) is 19.1. The molecule has 0 bridgehead atoms. The molecule has 9 aromatic carbocycles. The van der Waals surface area contributed by atoms with Crippen LogP contribution in [0.1, 0.15) is 0 Å². The zero-order valence-electron chi connectivity index (χ0n) is 30.4. The third-order valence-corrected chi connectivity index (χ3v) is 13.7. The molecule has 0 spiro atoms. The van der Waals surface area contributed by atoms with Crippen molar-refractivity contribution in [2.24, 2.45) is 0 Å². The average Bonchev–Trinajstić information content (AvgIpc) is 3.85. The summed E-state index contributed by atoms with van der Waals surface area (Å²) in [5.74, 6) is 0. The highest BCUT2D eigenvalue weighted by Crippen LogP contribution is 2.46. The summed E-state index contributed by atoms with van der Waals surface area (Å²) in [7, 11) is 0. The molecule has 0 saturated carbocycles. The van der Waals surface area contributed by atoms with Crippen molar-refractivity contribution in [3.63, 3.8) is 0 Å². The molecule has 56 heavy (non-hydrogen) atoms. The van der Waals surface area contributed by atoms with Crippen LogP contribution in [0.2, 0.25) is 0 Å². The largest absolute Gasteiger partial charge is 0.134 e. The van der Waals surface area contributed by atoms with E-state index in [0.29, 0.717) is 0 Å². The van der Waals surface area contributed by atoms with Crippen molar-refractivity contribution >= 4 is 63.0 Å². The maximum atomic E-state index is 2.38. The molecule has 0 saturated heterocycles. The maximum absolute atomic E-state index is 2.38. The van der Waals surface area contributed by atoms with Gasteiger partial charge in [0.15, 0.2) is 0 Å². The monoisotopic (exact) mass is 746 g/mol. The zero-order chi connectivity index (χ0) is 37.0. The minimum atomic E-state index is 1.23. The summed E-state index contributed by atoms with van der Waals surface area (Å²) in [5.41, 5.74) is 14.9. The maximum Gasteiger partial charge on any atom is 0.0534 e. The van der Waals surface area contributed by atoms with Gasteiger partial charge in [0.1, 0.15) is 0 Å². The molecule has 11 aromatic rings. The van der Waals surface area contributed by atoms with Crippen LogP contribution in [0.15, 0.2) is 206 Å². The summed E-state index contributed by atoms with van der Waals surface area (Å²) in [6.45, 7) is 0. The number of thiophene rings is 2. The Kier molecular flexibility index (Phi) is 7.98. The predicted molar refractivity (Wildman–Crippen MR) is 245 cm³/mol. The first-order valence-corrected chi connectivity index (χ1v) is 20.7. The number of hydrogen-bond acceptors (Lipinski definition) is 2. The van der Waals surface area contributed by atoms with Crippen molar-refractivity contribution in [2.75, 3.05) is 0 Å². The van der Waals surface area contributed by atoms with Crippen LogP contribution in [-0.4, -0.2) is 0 Å². The Bertz CT molecular complexity index is 2950. The fourth-order valence-corrected chi connectivity index (χ4v) is 10.7. The number of rotatable bonds is 6. The van der Waals surface area contributed by atoms with Crippen molar-refractivity contribution in [3.05, 3.63) is 206 Å². The van der Waals surface area contributed by atoms with E-state index < -0.39 is 0 Å². The lowest BCUT2D eigenvalue weighted by molar-refractivity contribution is 1.58. The lowest BCUT2D eigenvalue weighted by Crippen LogP contribution is -1.82. The predicted octanol–water partition coefficient (Wildman–Crippen LogP) is 16.4. The molecular formula is C54H34S2. The van der Waals surface area contributed by atoms with Gasteiger partial charge >= 0.3 is 0 Å². The second kappa shape index (κ2) is 13.6. The Morgan fingerprint density at radius 1 is 0.196 bits per heavy atom. The number of benzene rings is 9. The highest BCUT2D eigenvalue weighted by atomic mass is 32.1. The van der Waals surface area contributed by atoms with E-state index >= 15 is 0 Å². The van der Waals surface area contributed by atoms with E-state index in [1.165, 1.54) is 107 Å². The third-order valence-electron chi connectivity index (χ3n) is 11.2. The molecule has 0 amide bonds. The molecule has 11 rings (SSSR count). The smallest absolute Gasteiger partial charge is 0.0534 e. The minimum absolute atomic E-state index is 1.23. The Morgan fingerprint density at radius 2 is 0.429 bits per heavy atom. The van der Waals surface area contributed by atoms with E-state index in [1.807, 2.05) is 22.7 Å². The average molecular weight is 747 g/mol. The van der Waals surface area contributed by atoms with E-state index in [1.54, 1.807) is 0 Å². The summed E-state index contributed by atoms with van der Waals surface area (Å²) < 4.78 is 5.43. The molecule has 0 unspecified atom stereocenters. The van der Waals surface area contributed by atoms with Crippen molar-refractivity contribution in [1.82, 2.24) is 0 Å². The number of fused-ring (bicyclic) bond motifs is 7. The molecule has 0 N–H and O–H groups in total. The Labute approximate surface area is 334 Å². The van der Waals surface area contributed by atoms with Gasteiger partial charge in [-0.3, -0.25) is 0 Å². The van der Waals surface area contributed by atoms with Crippen molar-refractivity contribution in [1.29, 1.82) is 0 Å². The highest BCUT2D eigenvalue weighted by molar-refractivity contribution is 7.33. The number of hydrogen-bond donors (Lipinski definition) is 0. The molecule has 2 aromatic heterocycles. The van der Waals surface area contributed by atoms with Crippen LogP contribution in [0.25, 0.3) is 107 Å². The van der Waals surface area contributed by atoms with Gasteiger partial charge in [0.25, 0.3) is 0 Å². The van der Waals surface area contributed by atoms with Gasteiger partial charge in [-0.05, 0) is 78.9 Å². The van der Waals surface area contributed by atoms with Crippen LogP contribution in [-0.2, 0) is 0 Å². The van der Waals surface area contributed by atoms with Crippen LogP contribution >= 0.6 is 22.7 Å². The van der Waals surface area contributed by atoms with Crippen LogP contribution in [0, 0.1) is 0 Å². The first-order chi connectivity index (χ1) is 27.7. The van der Waals surface area contributed by atoms with Gasteiger partial charge in [-0.1, -0.05) is 194 Å². The van der Waals surface area contributed by atoms with Gasteiger partial charge in [-0.15, -0.1) is 22.7 Å². The molecular weight excluding hydrogens is 713 g/mol. The van der Waals surface area contributed by atoms with Crippen molar-refractivity contribution in [3.8, 4) is 66.8 Å². The van der Waals surface area contributed by atoms with E-state index in [0.717, 1.165) is 0 Å². The molecule has 0 atom stereocenters. The van der Waals surface area contributed by atoms with Gasteiger partial charge in [-0.25, -0.2) is 0 Å². The summed E-state index contributed by atoms with van der Waals surface area (Å²) >= 11 is 3.85.